The van der Waals surface area contributed by atoms with Gasteiger partial charge in [0.1, 0.15) is 0 Å². The lowest BCUT2D eigenvalue weighted by molar-refractivity contribution is 1.24. The number of rotatable bonds is 1. The molecule has 0 aliphatic rings. The van der Waals surface area contributed by atoms with Gasteiger partial charge in [-0.15, -0.1) is 0 Å². The van der Waals surface area contributed by atoms with Crippen LogP contribution in [0.25, 0.3) is 0 Å². The highest BCUT2D eigenvalue weighted by Gasteiger charge is 2.02. The Morgan fingerprint density at radius 3 is 2.62 bits per heavy atom. The first-order chi connectivity index (χ1) is 6.16. The topological polar surface area (TPSA) is 81.5 Å². The molecule has 4 nitrogen and oxygen atoms in total. The molecule has 0 bridgehead atoms. The molecule has 4 heteroatoms. The molecule has 0 aromatic heterocycles. The number of hydrogen-bond donors (Lipinski definition) is 2. The summed E-state index contributed by atoms with van der Waals surface area (Å²) < 4.78 is 0. The average Bonchev–Trinajstić information content (AvgIpc) is 2.29. The highest BCUT2D eigenvalue weighted by Crippen LogP contribution is 2.05. The maximum Gasteiger partial charge on any atom is 0.202 e. The molecule has 1 aromatic rings. The van der Waals surface area contributed by atoms with E-state index in [0.29, 0.717) is 11.3 Å². The second-order valence-corrected chi connectivity index (χ2v) is 2.62. The molecule has 0 saturated heterocycles. The van der Waals surface area contributed by atoms with Crippen molar-refractivity contribution in [2.24, 2.45) is 10.9 Å². The number of nitrogen functional groups attached to an aromatic ring is 1. The van der Waals surface area contributed by atoms with Crippen LogP contribution in [0.3, 0.4) is 0 Å². The Kier molecular flexibility index (Phi) is 2.64. The Morgan fingerprint density at radius 2 is 2.00 bits per heavy atom. The van der Waals surface area contributed by atoms with E-state index in [2.05, 4.69) is 5.10 Å². The van der Waals surface area contributed by atoms with Gasteiger partial charge in [0.15, 0.2) is 0 Å². The highest BCUT2D eigenvalue weighted by molar-refractivity contribution is 6.02. The fourth-order valence-electron chi connectivity index (χ4n) is 0.992. The Labute approximate surface area is 75.9 Å². The zero-order valence-corrected chi connectivity index (χ0v) is 7.32. The summed E-state index contributed by atoms with van der Waals surface area (Å²) in [5, 5.41) is 3.49. The zero-order chi connectivity index (χ0) is 9.84. The SMILES string of the molecule is C/C(=N/N)c1ccccc(=O)c1N. The fraction of sp³-hybridized carbons (Fsp3) is 0.111. The average molecular weight is 177 g/mol. The van der Waals surface area contributed by atoms with Crippen molar-refractivity contribution in [2.75, 3.05) is 5.73 Å². The van der Waals surface area contributed by atoms with E-state index >= 15 is 0 Å². The first kappa shape index (κ1) is 9.25. The van der Waals surface area contributed by atoms with E-state index in [9.17, 15) is 4.79 Å². The number of nitrogens with two attached hydrogens (primary N) is 2. The second kappa shape index (κ2) is 3.71. The Hall–Kier alpha value is -1.84. The highest BCUT2D eigenvalue weighted by atomic mass is 16.1. The zero-order valence-electron chi connectivity index (χ0n) is 7.32. The van der Waals surface area contributed by atoms with Crippen molar-refractivity contribution in [3.8, 4) is 0 Å². The smallest absolute Gasteiger partial charge is 0.202 e. The van der Waals surface area contributed by atoms with Gasteiger partial charge in [-0.2, -0.15) is 5.10 Å². The van der Waals surface area contributed by atoms with E-state index < -0.39 is 0 Å². The predicted octanol–water partition coefficient (Wildman–Crippen LogP) is 0.312. The molecule has 0 heterocycles. The summed E-state index contributed by atoms with van der Waals surface area (Å²) in [4.78, 5) is 11.2. The van der Waals surface area contributed by atoms with Gasteiger partial charge >= 0.3 is 0 Å². The first-order valence-corrected chi connectivity index (χ1v) is 3.80. The summed E-state index contributed by atoms with van der Waals surface area (Å²) in [6.07, 6.45) is 0. The Balaban J connectivity index is 3.50. The van der Waals surface area contributed by atoms with Gasteiger partial charge in [0.05, 0.1) is 11.4 Å². The molecule has 0 radical (unpaired) electrons. The lowest BCUT2D eigenvalue weighted by Crippen LogP contribution is -2.10. The standard InChI is InChI=1S/C9H11N3O/c1-6(12-11)7-4-2-3-5-8(13)9(7)10/h2-5H,11H2,1H3,(H2,10,13)/b12-6-. The van der Waals surface area contributed by atoms with Crippen LogP contribution in [0.5, 0.6) is 0 Å². The van der Waals surface area contributed by atoms with E-state index in [-0.39, 0.29) is 11.1 Å². The number of hydrogen-bond acceptors (Lipinski definition) is 4. The van der Waals surface area contributed by atoms with E-state index in [1.54, 1.807) is 25.1 Å². The second-order valence-electron chi connectivity index (χ2n) is 2.62. The summed E-state index contributed by atoms with van der Waals surface area (Å²) >= 11 is 0. The van der Waals surface area contributed by atoms with Crippen LogP contribution in [-0.4, -0.2) is 5.71 Å². The largest absolute Gasteiger partial charge is 0.395 e. The molecule has 68 valence electrons. The predicted molar refractivity (Wildman–Crippen MR) is 53.5 cm³/mol. The Morgan fingerprint density at radius 1 is 1.38 bits per heavy atom. The molecule has 0 aliphatic heterocycles. The normalized spacial score (nSPS) is 11.3. The third-order valence-electron chi connectivity index (χ3n) is 1.76. The van der Waals surface area contributed by atoms with E-state index in [1.807, 2.05) is 0 Å². The molecule has 1 rings (SSSR count). The fourth-order valence-corrected chi connectivity index (χ4v) is 0.992. The summed E-state index contributed by atoms with van der Waals surface area (Å²) in [7, 11) is 0. The van der Waals surface area contributed by atoms with Gasteiger partial charge < -0.3 is 11.6 Å². The number of nitrogens with zero attached hydrogens (tertiary/aromatic N) is 1. The van der Waals surface area contributed by atoms with Crippen LogP contribution in [-0.2, 0) is 0 Å². The van der Waals surface area contributed by atoms with Crippen LogP contribution in [0.2, 0.25) is 0 Å². The van der Waals surface area contributed by atoms with Gasteiger partial charge in [-0.3, -0.25) is 4.79 Å². The molecule has 0 fully saturated rings. The minimum Gasteiger partial charge on any atom is -0.395 e. The van der Waals surface area contributed by atoms with Gasteiger partial charge in [0, 0.05) is 5.56 Å². The van der Waals surface area contributed by atoms with Crippen LogP contribution in [0, 0.1) is 0 Å². The van der Waals surface area contributed by atoms with Crippen molar-refractivity contribution in [1.29, 1.82) is 0 Å². The first-order valence-electron chi connectivity index (χ1n) is 3.80. The summed E-state index contributed by atoms with van der Waals surface area (Å²) in [5.41, 5.74) is 6.68. The molecule has 0 spiro atoms. The van der Waals surface area contributed by atoms with Crippen molar-refractivity contribution in [1.82, 2.24) is 0 Å². The number of anilines is 1. The van der Waals surface area contributed by atoms with Gasteiger partial charge in [0.25, 0.3) is 0 Å². The monoisotopic (exact) mass is 177 g/mol. The maximum absolute atomic E-state index is 11.2. The third-order valence-corrected chi connectivity index (χ3v) is 1.76. The molecule has 0 saturated carbocycles. The van der Waals surface area contributed by atoms with Gasteiger partial charge in [-0.25, -0.2) is 0 Å². The van der Waals surface area contributed by atoms with Crippen LogP contribution < -0.4 is 17.0 Å². The summed E-state index contributed by atoms with van der Waals surface area (Å²) in [6, 6.07) is 6.47. The number of hydrazone groups is 1. The van der Waals surface area contributed by atoms with Gasteiger partial charge in [0.2, 0.25) is 5.43 Å². The molecular weight excluding hydrogens is 166 g/mol. The summed E-state index contributed by atoms with van der Waals surface area (Å²) in [6.45, 7) is 1.70. The lowest BCUT2D eigenvalue weighted by Gasteiger charge is -1.97. The third kappa shape index (κ3) is 1.84. The van der Waals surface area contributed by atoms with Crippen molar-refractivity contribution >= 4 is 11.4 Å². The molecule has 4 N–H and O–H groups in total. The van der Waals surface area contributed by atoms with E-state index in [4.69, 9.17) is 11.6 Å². The molecule has 0 amide bonds. The Bertz CT molecular complexity index is 398. The quantitative estimate of drug-likeness (QED) is 0.368. The van der Waals surface area contributed by atoms with Crippen molar-refractivity contribution in [3.63, 3.8) is 0 Å². The van der Waals surface area contributed by atoms with E-state index in [0.717, 1.165) is 0 Å². The van der Waals surface area contributed by atoms with Gasteiger partial charge in [-0.1, -0.05) is 18.2 Å². The minimum atomic E-state index is -0.219. The van der Waals surface area contributed by atoms with E-state index in [1.165, 1.54) is 6.07 Å². The molecule has 0 unspecified atom stereocenters. The van der Waals surface area contributed by atoms with Crippen molar-refractivity contribution in [2.45, 2.75) is 6.92 Å². The summed E-state index contributed by atoms with van der Waals surface area (Å²) in [5.74, 6) is 5.09. The van der Waals surface area contributed by atoms with Crippen molar-refractivity contribution < 1.29 is 0 Å². The lowest BCUT2D eigenvalue weighted by atomic mass is 10.1. The van der Waals surface area contributed by atoms with Gasteiger partial charge in [-0.05, 0) is 13.0 Å². The molecule has 1 aromatic carbocycles. The van der Waals surface area contributed by atoms with Crippen LogP contribution in [0.1, 0.15) is 12.5 Å². The molecule has 0 atom stereocenters. The van der Waals surface area contributed by atoms with Crippen molar-refractivity contribution in [3.05, 3.63) is 40.1 Å². The minimum absolute atomic E-state index is 0.178. The molecular formula is C9H11N3O. The molecule has 0 aliphatic carbocycles. The van der Waals surface area contributed by atoms with Crippen LogP contribution >= 0.6 is 0 Å². The maximum atomic E-state index is 11.2. The van der Waals surface area contributed by atoms with Crippen LogP contribution in [0.15, 0.2) is 34.2 Å². The van der Waals surface area contributed by atoms with Crippen LogP contribution in [0.4, 0.5) is 5.69 Å². The molecule has 13 heavy (non-hydrogen) atoms.